The van der Waals surface area contributed by atoms with Gasteiger partial charge in [0.05, 0.1) is 5.75 Å². The second kappa shape index (κ2) is 6.67. The van der Waals surface area contributed by atoms with Gasteiger partial charge in [-0.25, -0.2) is 21.5 Å². The molecule has 2 rings (SSSR count). The molecule has 0 aliphatic carbocycles. The van der Waals surface area contributed by atoms with Gasteiger partial charge in [0.1, 0.15) is 0 Å². The highest BCUT2D eigenvalue weighted by atomic mass is 32.2. The average molecular weight is 389 g/mol. The predicted octanol–water partition coefficient (Wildman–Crippen LogP) is 1.79. The van der Waals surface area contributed by atoms with Crippen LogP contribution in [0, 0.1) is 11.6 Å². The quantitative estimate of drug-likeness (QED) is 0.714. The number of Topliss-reactive ketones (excluding diaryl/α,β-unsaturated/α-hetero) is 1. The van der Waals surface area contributed by atoms with E-state index in [2.05, 4.69) is 0 Å². The topological polar surface area (TPSA) is 90.0 Å². The zero-order valence-corrected chi connectivity index (χ0v) is 15.3. The Kier molecular flexibility index (Phi) is 5.09. The maximum Gasteiger partial charge on any atom is 0.308 e. The molecule has 1 aromatic carbocycles. The van der Waals surface area contributed by atoms with Crippen molar-refractivity contribution in [2.24, 2.45) is 0 Å². The number of rotatable bonds is 5. The Morgan fingerprint density at radius 1 is 1.35 bits per heavy atom. The Morgan fingerprint density at radius 3 is 2.50 bits per heavy atom. The van der Waals surface area contributed by atoms with E-state index < -0.39 is 56.2 Å². The summed E-state index contributed by atoms with van der Waals surface area (Å²) in [7, 11) is -2.79. The number of hydrogen-bond donors (Lipinski definition) is 0. The molecule has 1 aromatic rings. The van der Waals surface area contributed by atoms with Crippen molar-refractivity contribution in [1.82, 2.24) is 4.31 Å². The number of ether oxygens (including phenoxy) is 2. The number of nitrogens with zero attached hydrogens (tertiary/aromatic N) is 1. The Bertz CT molecular complexity index is 911. The summed E-state index contributed by atoms with van der Waals surface area (Å²) in [5.74, 6) is -6.04. The first-order valence-electron chi connectivity index (χ1n) is 7.53. The molecule has 7 nitrogen and oxygen atoms in total. The standard InChI is InChI=1S/C16H17F2NO6S/c1-5-26(22,23)19(4)15-13(24-9(2)20)14(21)16(3,25-15)10-7-6-8-11(17)12(10)18/h6-8H,5H2,1-4H3. The third-order valence-electron chi connectivity index (χ3n) is 3.91. The Labute approximate surface area is 149 Å². The summed E-state index contributed by atoms with van der Waals surface area (Å²) in [5, 5.41) is 0. The van der Waals surface area contributed by atoms with Crippen LogP contribution in [-0.4, -0.2) is 37.3 Å². The van der Waals surface area contributed by atoms with Crippen molar-refractivity contribution in [2.75, 3.05) is 12.8 Å². The van der Waals surface area contributed by atoms with Gasteiger partial charge in [0.15, 0.2) is 11.6 Å². The monoisotopic (exact) mass is 389 g/mol. The summed E-state index contributed by atoms with van der Waals surface area (Å²) in [6.45, 7) is 3.50. The summed E-state index contributed by atoms with van der Waals surface area (Å²) >= 11 is 0. The lowest BCUT2D eigenvalue weighted by atomic mass is 9.91. The molecule has 0 saturated heterocycles. The zero-order valence-electron chi connectivity index (χ0n) is 14.5. The molecular formula is C16H17F2NO6S. The molecule has 0 aromatic heterocycles. The summed E-state index contributed by atoms with van der Waals surface area (Å²) in [6.07, 6.45) is 0. The number of carbonyl (C=O) groups is 2. The smallest absolute Gasteiger partial charge is 0.308 e. The van der Waals surface area contributed by atoms with E-state index in [1.165, 1.54) is 13.0 Å². The number of esters is 1. The first-order chi connectivity index (χ1) is 12.0. The number of sulfonamides is 1. The van der Waals surface area contributed by atoms with E-state index in [4.69, 9.17) is 9.47 Å². The Balaban J connectivity index is 2.63. The van der Waals surface area contributed by atoms with Crippen LogP contribution < -0.4 is 0 Å². The second-order valence-electron chi connectivity index (χ2n) is 5.66. The molecule has 26 heavy (non-hydrogen) atoms. The fourth-order valence-electron chi connectivity index (χ4n) is 2.41. The molecule has 0 N–H and O–H groups in total. The third-order valence-corrected chi connectivity index (χ3v) is 5.64. The van der Waals surface area contributed by atoms with Crippen molar-refractivity contribution < 1.29 is 36.3 Å². The minimum Gasteiger partial charge on any atom is -0.456 e. The van der Waals surface area contributed by atoms with Crippen molar-refractivity contribution in [1.29, 1.82) is 0 Å². The van der Waals surface area contributed by atoms with Crippen LogP contribution in [0.2, 0.25) is 0 Å². The molecule has 1 aliphatic rings. The van der Waals surface area contributed by atoms with Crippen LogP contribution >= 0.6 is 0 Å². The lowest BCUT2D eigenvalue weighted by Gasteiger charge is -2.26. The van der Waals surface area contributed by atoms with Gasteiger partial charge < -0.3 is 9.47 Å². The second-order valence-corrected chi connectivity index (χ2v) is 7.95. The first kappa shape index (κ1) is 19.8. The molecule has 1 aliphatic heterocycles. The van der Waals surface area contributed by atoms with E-state index in [9.17, 15) is 26.8 Å². The highest BCUT2D eigenvalue weighted by Crippen LogP contribution is 2.42. The molecular weight excluding hydrogens is 372 g/mol. The van der Waals surface area contributed by atoms with E-state index in [1.54, 1.807) is 0 Å². The van der Waals surface area contributed by atoms with Crippen LogP contribution in [0.25, 0.3) is 0 Å². The van der Waals surface area contributed by atoms with Gasteiger partial charge >= 0.3 is 5.97 Å². The van der Waals surface area contributed by atoms with E-state index in [1.807, 2.05) is 0 Å². The van der Waals surface area contributed by atoms with E-state index >= 15 is 0 Å². The molecule has 0 amide bonds. The summed E-state index contributed by atoms with van der Waals surface area (Å²) in [5.41, 5.74) is -2.56. The predicted molar refractivity (Wildman–Crippen MR) is 85.8 cm³/mol. The molecule has 1 unspecified atom stereocenters. The lowest BCUT2D eigenvalue weighted by molar-refractivity contribution is -0.142. The van der Waals surface area contributed by atoms with E-state index in [0.29, 0.717) is 4.31 Å². The minimum absolute atomic E-state index is 0.330. The number of benzene rings is 1. The van der Waals surface area contributed by atoms with Gasteiger partial charge in [0, 0.05) is 19.5 Å². The van der Waals surface area contributed by atoms with Crippen LogP contribution in [-0.2, 0) is 34.7 Å². The summed E-state index contributed by atoms with van der Waals surface area (Å²) < 4.78 is 62.9. The maximum atomic E-state index is 14.2. The number of carbonyl (C=O) groups excluding carboxylic acids is 2. The van der Waals surface area contributed by atoms with Crippen LogP contribution in [0.15, 0.2) is 29.8 Å². The fraction of sp³-hybridized carbons (Fsp3) is 0.375. The summed E-state index contributed by atoms with van der Waals surface area (Å²) in [6, 6.07) is 3.15. The largest absolute Gasteiger partial charge is 0.456 e. The van der Waals surface area contributed by atoms with Crippen LogP contribution in [0.5, 0.6) is 0 Å². The maximum absolute atomic E-state index is 14.2. The lowest BCUT2D eigenvalue weighted by Crippen LogP contribution is -2.34. The van der Waals surface area contributed by atoms with Crippen LogP contribution in [0.4, 0.5) is 8.78 Å². The molecule has 0 radical (unpaired) electrons. The van der Waals surface area contributed by atoms with Gasteiger partial charge in [-0.05, 0) is 19.9 Å². The van der Waals surface area contributed by atoms with Crippen molar-refractivity contribution in [3.63, 3.8) is 0 Å². The van der Waals surface area contributed by atoms with Crippen molar-refractivity contribution in [2.45, 2.75) is 26.4 Å². The highest BCUT2D eigenvalue weighted by molar-refractivity contribution is 7.89. The molecule has 1 heterocycles. The van der Waals surface area contributed by atoms with Gasteiger partial charge in [-0.3, -0.25) is 9.59 Å². The molecule has 10 heteroatoms. The van der Waals surface area contributed by atoms with Gasteiger partial charge in [-0.1, -0.05) is 12.1 Å². The molecule has 0 spiro atoms. The normalized spacial score (nSPS) is 20.2. The number of halogens is 2. The van der Waals surface area contributed by atoms with E-state index in [0.717, 1.165) is 33.0 Å². The Morgan fingerprint density at radius 2 is 1.96 bits per heavy atom. The van der Waals surface area contributed by atoms with Crippen LogP contribution in [0.3, 0.4) is 0 Å². The number of hydrogen-bond acceptors (Lipinski definition) is 6. The zero-order chi connectivity index (χ0) is 19.9. The summed E-state index contributed by atoms with van der Waals surface area (Å²) in [4.78, 5) is 24.1. The average Bonchev–Trinajstić information content (AvgIpc) is 2.82. The molecule has 142 valence electrons. The third kappa shape index (κ3) is 3.16. The van der Waals surface area contributed by atoms with Gasteiger partial charge in [-0.15, -0.1) is 0 Å². The molecule has 1 atom stereocenters. The first-order valence-corrected chi connectivity index (χ1v) is 9.14. The highest BCUT2D eigenvalue weighted by Gasteiger charge is 2.53. The minimum atomic E-state index is -3.89. The van der Waals surface area contributed by atoms with Crippen molar-refractivity contribution in [3.05, 3.63) is 47.0 Å². The molecule has 0 saturated carbocycles. The van der Waals surface area contributed by atoms with Gasteiger partial charge in [0.25, 0.3) is 11.7 Å². The van der Waals surface area contributed by atoms with Gasteiger partial charge in [-0.2, -0.15) is 0 Å². The van der Waals surface area contributed by atoms with Gasteiger partial charge in [0.2, 0.25) is 21.4 Å². The van der Waals surface area contributed by atoms with Crippen LogP contribution in [0.1, 0.15) is 26.3 Å². The SMILES string of the molecule is CCS(=O)(=O)N(C)C1=C(OC(C)=O)C(=O)C(C)(c2cccc(F)c2F)O1. The number of ketones is 1. The molecule has 0 fully saturated rings. The molecule has 0 bridgehead atoms. The fourth-order valence-corrected chi connectivity index (χ4v) is 3.17. The Hall–Kier alpha value is -2.49. The van der Waals surface area contributed by atoms with E-state index in [-0.39, 0.29) is 5.75 Å². The van der Waals surface area contributed by atoms with Crippen molar-refractivity contribution in [3.8, 4) is 0 Å². The van der Waals surface area contributed by atoms with Crippen molar-refractivity contribution >= 4 is 21.8 Å².